The molecule has 3 rings (SSSR count). The summed E-state index contributed by atoms with van der Waals surface area (Å²) in [5, 5.41) is 0.462. The maximum atomic E-state index is 13.8. The predicted octanol–water partition coefficient (Wildman–Crippen LogP) is 2.42. The van der Waals surface area contributed by atoms with Crippen LogP contribution in [0.4, 0.5) is 4.39 Å². The summed E-state index contributed by atoms with van der Waals surface area (Å²) in [6, 6.07) is 4.77. The van der Waals surface area contributed by atoms with Crippen molar-refractivity contribution in [3.05, 3.63) is 34.6 Å². The molecule has 104 valence electrons. The molecule has 2 heterocycles. The lowest BCUT2D eigenvalue weighted by molar-refractivity contribution is 0.0856. The normalized spacial score (nSPS) is 30.8. The zero-order chi connectivity index (χ0) is 13.4. The number of hydrazine groups is 1. The summed E-state index contributed by atoms with van der Waals surface area (Å²) in [7, 11) is 0. The third kappa shape index (κ3) is 2.50. The van der Waals surface area contributed by atoms with Crippen molar-refractivity contribution in [2.75, 3.05) is 0 Å². The quantitative estimate of drug-likeness (QED) is 0.659. The SMILES string of the molecule is NNC(Cc1c(F)cccc1Cl)C1CC2CCC1O2. The molecule has 0 saturated carbocycles. The average Bonchev–Trinajstić information content (AvgIpc) is 3.01. The molecule has 0 aliphatic carbocycles. The van der Waals surface area contributed by atoms with E-state index in [0.29, 0.717) is 29.0 Å². The largest absolute Gasteiger partial charge is 0.375 e. The first-order chi connectivity index (χ1) is 9.19. The van der Waals surface area contributed by atoms with E-state index in [1.165, 1.54) is 6.07 Å². The molecule has 0 aromatic heterocycles. The Bertz CT molecular complexity index is 451. The number of nitrogens with one attached hydrogen (secondary N) is 1. The average molecular weight is 285 g/mol. The number of hydrogen-bond donors (Lipinski definition) is 2. The van der Waals surface area contributed by atoms with E-state index in [4.69, 9.17) is 22.2 Å². The smallest absolute Gasteiger partial charge is 0.127 e. The highest BCUT2D eigenvalue weighted by Gasteiger charge is 2.44. The third-order valence-corrected chi connectivity index (χ3v) is 4.72. The summed E-state index contributed by atoms with van der Waals surface area (Å²) in [5.41, 5.74) is 3.36. The van der Waals surface area contributed by atoms with Crippen molar-refractivity contribution in [3.8, 4) is 0 Å². The van der Waals surface area contributed by atoms with Crippen LogP contribution in [0.15, 0.2) is 18.2 Å². The molecule has 2 bridgehead atoms. The van der Waals surface area contributed by atoms with E-state index in [1.54, 1.807) is 12.1 Å². The Morgan fingerprint density at radius 3 is 2.89 bits per heavy atom. The molecule has 5 heteroatoms. The summed E-state index contributed by atoms with van der Waals surface area (Å²) in [5.74, 6) is 5.74. The Morgan fingerprint density at radius 1 is 1.47 bits per heavy atom. The number of nitrogens with two attached hydrogens (primary N) is 1. The summed E-state index contributed by atoms with van der Waals surface area (Å²) in [6.07, 6.45) is 4.35. The zero-order valence-corrected chi connectivity index (χ0v) is 11.4. The van der Waals surface area contributed by atoms with Gasteiger partial charge in [-0.25, -0.2) is 4.39 Å². The van der Waals surface area contributed by atoms with Crippen molar-refractivity contribution in [3.63, 3.8) is 0 Å². The van der Waals surface area contributed by atoms with E-state index in [2.05, 4.69) is 5.43 Å². The van der Waals surface area contributed by atoms with Crippen LogP contribution < -0.4 is 11.3 Å². The Hall–Kier alpha value is -0.680. The summed E-state index contributed by atoms with van der Waals surface area (Å²) in [6.45, 7) is 0. The van der Waals surface area contributed by atoms with Crippen LogP contribution in [-0.2, 0) is 11.2 Å². The van der Waals surface area contributed by atoms with Crippen LogP contribution in [-0.4, -0.2) is 18.2 Å². The fourth-order valence-electron chi connectivity index (χ4n) is 3.38. The van der Waals surface area contributed by atoms with Crippen LogP contribution >= 0.6 is 11.6 Å². The van der Waals surface area contributed by atoms with Gasteiger partial charge in [0.05, 0.1) is 12.2 Å². The number of halogens is 2. The van der Waals surface area contributed by atoms with Gasteiger partial charge in [0.2, 0.25) is 0 Å². The molecule has 3 N–H and O–H groups in total. The van der Waals surface area contributed by atoms with Gasteiger partial charge >= 0.3 is 0 Å². The van der Waals surface area contributed by atoms with Crippen LogP contribution in [0.25, 0.3) is 0 Å². The van der Waals surface area contributed by atoms with Gasteiger partial charge in [-0.2, -0.15) is 0 Å². The second kappa shape index (κ2) is 5.37. The van der Waals surface area contributed by atoms with Gasteiger partial charge in [-0.3, -0.25) is 11.3 Å². The van der Waals surface area contributed by atoms with Gasteiger partial charge in [0.25, 0.3) is 0 Å². The van der Waals surface area contributed by atoms with Crippen molar-refractivity contribution in [2.45, 2.75) is 43.9 Å². The molecule has 2 saturated heterocycles. The van der Waals surface area contributed by atoms with Gasteiger partial charge in [-0.1, -0.05) is 17.7 Å². The number of fused-ring (bicyclic) bond motifs is 2. The lowest BCUT2D eigenvalue weighted by atomic mass is 9.81. The van der Waals surface area contributed by atoms with Crippen LogP contribution in [0.3, 0.4) is 0 Å². The summed E-state index contributed by atoms with van der Waals surface area (Å²) >= 11 is 6.08. The minimum absolute atomic E-state index is 0.00435. The van der Waals surface area contributed by atoms with Gasteiger partial charge < -0.3 is 4.74 Å². The fraction of sp³-hybridized carbons (Fsp3) is 0.571. The van der Waals surface area contributed by atoms with Gasteiger partial charge in [-0.05, 0) is 37.8 Å². The molecule has 4 unspecified atom stereocenters. The second-order valence-corrected chi connectivity index (χ2v) is 5.86. The number of ether oxygens (including phenoxy) is 1. The van der Waals surface area contributed by atoms with Crippen LogP contribution in [0.1, 0.15) is 24.8 Å². The Morgan fingerprint density at radius 2 is 2.32 bits per heavy atom. The molecule has 19 heavy (non-hydrogen) atoms. The van der Waals surface area contributed by atoms with Gasteiger partial charge in [0.15, 0.2) is 0 Å². The Kier molecular flexibility index (Phi) is 3.76. The first-order valence-electron chi connectivity index (χ1n) is 6.73. The van der Waals surface area contributed by atoms with Crippen molar-refractivity contribution < 1.29 is 9.13 Å². The minimum Gasteiger partial charge on any atom is -0.375 e. The van der Waals surface area contributed by atoms with Gasteiger partial charge in [0.1, 0.15) is 5.82 Å². The zero-order valence-electron chi connectivity index (χ0n) is 10.6. The first kappa shape index (κ1) is 13.3. The van der Waals surface area contributed by atoms with E-state index < -0.39 is 0 Å². The molecule has 1 aromatic rings. The molecule has 2 aliphatic rings. The highest BCUT2D eigenvalue weighted by molar-refractivity contribution is 6.31. The highest BCUT2D eigenvalue weighted by atomic mass is 35.5. The Labute approximate surface area is 117 Å². The van der Waals surface area contributed by atoms with E-state index in [9.17, 15) is 4.39 Å². The highest BCUT2D eigenvalue weighted by Crippen LogP contribution is 2.41. The molecule has 0 spiro atoms. The molecule has 2 fully saturated rings. The maximum absolute atomic E-state index is 13.8. The fourth-order valence-corrected chi connectivity index (χ4v) is 3.62. The van der Waals surface area contributed by atoms with Gasteiger partial charge in [0, 0.05) is 22.5 Å². The monoisotopic (exact) mass is 284 g/mol. The van der Waals surface area contributed by atoms with E-state index in [1.807, 2.05) is 0 Å². The molecular formula is C14H18ClFN2O. The maximum Gasteiger partial charge on any atom is 0.127 e. The standard InChI is InChI=1S/C14H18ClFN2O/c15-11-2-1-3-12(16)9(11)7-13(18-17)10-6-8-4-5-14(10)19-8/h1-3,8,10,13-14,18H,4-7,17H2. The topological polar surface area (TPSA) is 47.3 Å². The lowest BCUT2D eigenvalue weighted by Gasteiger charge is -2.28. The second-order valence-electron chi connectivity index (χ2n) is 5.45. The predicted molar refractivity (Wildman–Crippen MR) is 72.2 cm³/mol. The van der Waals surface area contributed by atoms with Crippen molar-refractivity contribution in [1.82, 2.24) is 5.43 Å². The molecule has 2 aliphatic heterocycles. The first-order valence-corrected chi connectivity index (χ1v) is 7.11. The summed E-state index contributed by atoms with van der Waals surface area (Å²) in [4.78, 5) is 0. The molecule has 4 atom stereocenters. The molecular weight excluding hydrogens is 267 g/mol. The minimum atomic E-state index is -0.267. The summed E-state index contributed by atoms with van der Waals surface area (Å²) < 4.78 is 19.7. The van der Waals surface area contributed by atoms with Crippen molar-refractivity contribution in [1.29, 1.82) is 0 Å². The molecule has 3 nitrogen and oxygen atoms in total. The van der Waals surface area contributed by atoms with Crippen molar-refractivity contribution in [2.24, 2.45) is 11.8 Å². The molecule has 0 amide bonds. The number of rotatable bonds is 4. The van der Waals surface area contributed by atoms with Crippen molar-refractivity contribution >= 4 is 11.6 Å². The Balaban J connectivity index is 1.77. The molecule has 1 aromatic carbocycles. The van der Waals surface area contributed by atoms with Gasteiger partial charge in [-0.15, -0.1) is 0 Å². The third-order valence-electron chi connectivity index (χ3n) is 4.37. The van der Waals surface area contributed by atoms with E-state index in [-0.39, 0.29) is 18.0 Å². The number of hydrogen-bond acceptors (Lipinski definition) is 3. The lowest BCUT2D eigenvalue weighted by Crippen LogP contribution is -2.46. The number of benzene rings is 1. The van der Waals surface area contributed by atoms with E-state index in [0.717, 1.165) is 19.3 Å². The van der Waals surface area contributed by atoms with Crippen LogP contribution in [0, 0.1) is 11.7 Å². The molecule has 0 radical (unpaired) electrons. The van der Waals surface area contributed by atoms with Crippen LogP contribution in [0.5, 0.6) is 0 Å². The van der Waals surface area contributed by atoms with Crippen LogP contribution in [0.2, 0.25) is 5.02 Å². The van der Waals surface area contributed by atoms with E-state index >= 15 is 0 Å².